The molecule has 2 N–H and O–H groups in total. The zero-order chi connectivity index (χ0) is 11.1. The predicted octanol–water partition coefficient (Wildman–Crippen LogP) is 1.68. The van der Waals surface area contributed by atoms with Crippen molar-refractivity contribution < 1.29 is 4.79 Å². The fraction of sp³-hybridized carbons (Fsp3) is 0.917. The summed E-state index contributed by atoms with van der Waals surface area (Å²) >= 11 is 0. The Labute approximate surface area is 93.0 Å². The monoisotopic (exact) mass is 212 g/mol. The molecule has 0 heterocycles. The molecule has 1 saturated carbocycles. The fourth-order valence-corrected chi connectivity index (χ4v) is 2.34. The Morgan fingerprint density at radius 2 is 1.93 bits per heavy atom. The number of hydrogen-bond acceptors (Lipinski definition) is 2. The summed E-state index contributed by atoms with van der Waals surface area (Å²) in [5.74, 6) is 0.901. The number of amides is 1. The summed E-state index contributed by atoms with van der Waals surface area (Å²) in [4.78, 5) is 10.7. The average molecular weight is 212 g/mol. The van der Waals surface area contributed by atoms with Crippen LogP contribution in [-0.4, -0.2) is 25.0 Å². The van der Waals surface area contributed by atoms with Crippen molar-refractivity contribution in [3.8, 4) is 0 Å². The van der Waals surface area contributed by atoms with Crippen LogP contribution in [0.3, 0.4) is 0 Å². The molecule has 1 amide bonds. The summed E-state index contributed by atoms with van der Waals surface area (Å²) in [6, 6.07) is 0.596. The maximum Gasteiger partial charge on any atom is 0.216 e. The summed E-state index contributed by atoms with van der Waals surface area (Å²) in [5.41, 5.74) is 0. The molecule has 1 fully saturated rings. The molecule has 0 saturated heterocycles. The van der Waals surface area contributed by atoms with E-state index < -0.39 is 0 Å². The molecule has 0 aliphatic heterocycles. The smallest absolute Gasteiger partial charge is 0.216 e. The van der Waals surface area contributed by atoms with Crippen LogP contribution in [0.25, 0.3) is 0 Å². The Kier molecular flexibility index (Phi) is 5.69. The van der Waals surface area contributed by atoms with Crippen molar-refractivity contribution in [2.45, 2.75) is 52.0 Å². The Bertz CT molecular complexity index is 188. The van der Waals surface area contributed by atoms with Gasteiger partial charge in [-0.2, -0.15) is 0 Å². The number of rotatable bonds is 5. The van der Waals surface area contributed by atoms with Gasteiger partial charge in [-0.05, 0) is 25.7 Å². The van der Waals surface area contributed by atoms with Crippen LogP contribution in [-0.2, 0) is 4.79 Å². The van der Waals surface area contributed by atoms with Crippen LogP contribution < -0.4 is 10.6 Å². The maximum absolute atomic E-state index is 10.7. The van der Waals surface area contributed by atoms with Gasteiger partial charge in [-0.15, -0.1) is 0 Å². The van der Waals surface area contributed by atoms with Gasteiger partial charge in [0, 0.05) is 26.1 Å². The number of nitrogens with one attached hydrogen (secondary N) is 2. The minimum absolute atomic E-state index is 0.0575. The van der Waals surface area contributed by atoms with E-state index in [1.807, 2.05) is 0 Å². The van der Waals surface area contributed by atoms with Gasteiger partial charge < -0.3 is 10.6 Å². The first-order valence-electron chi connectivity index (χ1n) is 6.18. The molecule has 3 heteroatoms. The highest BCUT2D eigenvalue weighted by atomic mass is 16.1. The lowest BCUT2D eigenvalue weighted by Gasteiger charge is -2.28. The molecular formula is C12H24N2O. The highest BCUT2D eigenvalue weighted by Gasteiger charge is 2.18. The topological polar surface area (TPSA) is 41.1 Å². The molecule has 0 aromatic carbocycles. The standard InChI is InChI=1S/C12H24N2O/c1-10(12-6-4-3-5-7-12)13-8-9-14-11(2)15/h10,12-13H,3-9H2,1-2H3,(H,14,15). The number of hydrogen-bond donors (Lipinski definition) is 2. The van der Waals surface area contributed by atoms with E-state index in [-0.39, 0.29) is 5.91 Å². The Morgan fingerprint density at radius 1 is 1.27 bits per heavy atom. The largest absolute Gasteiger partial charge is 0.355 e. The molecule has 0 aromatic heterocycles. The molecule has 0 radical (unpaired) electrons. The molecule has 0 spiro atoms. The van der Waals surface area contributed by atoms with Gasteiger partial charge in [-0.3, -0.25) is 4.79 Å². The van der Waals surface area contributed by atoms with Crippen molar-refractivity contribution in [3.63, 3.8) is 0 Å². The summed E-state index contributed by atoms with van der Waals surface area (Å²) in [6.45, 7) is 5.46. The number of carbonyl (C=O) groups is 1. The molecule has 1 aliphatic carbocycles. The molecule has 1 atom stereocenters. The Morgan fingerprint density at radius 3 is 2.53 bits per heavy atom. The van der Waals surface area contributed by atoms with E-state index in [0.29, 0.717) is 6.04 Å². The first-order valence-corrected chi connectivity index (χ1v) is 6.18. The highest BCUT2D eigenvalue weighted by Crippen LogP contribution is 2.26. The molecule has 0 aromatic rings. The van der Waals surface area contributed by atoms with E-state index in [1.165, 1.54) is 32.1 Å². The van der Waals surface area contributed by atoms with Gasteiger partial charge in [0.15, 0.2) is 0 Å². The van der Waals surface area contributed by atoms with Crippen molar-refractivity contribution in [2.24, 2.45) is 5.92 Å². The van der Waals surface area contributed by atoms with E-state index in [2.05, 4.69) is 17.6 Å². The molecule has 88 valence electrons. The van der Waals surface area contributed by atoms with E-state index >= 15 is 0 Å². The summed E-state index contributed by atoms with van der Waals surface area (Å²) < 4.78 is 0. The van der Waals surface area contributed by atoms with Gasteiger partial charge in [-0.1, -0.05) is 19.3 Å². The van der Waals surface area contributed by atoms with Gasteiger partial charge in [0.05, 0.1) is 0 Å². The van der Waals surface area contributed by atoms with Crippen LogP contribution in [0.1, 0.15) is 46.0 Å². The van der Waals surface area contributed by atoms with Crippen molar-refractivity contribution >= 4 is 5.91 Å². The van der Waals surface area contributed by atoms with Crippen LogP contribution >= 0.6 is 0 Å². The van der Waals surface area contributed by atoms with Gasteiger partial charge >= 0.3 is 0 Å². The van der Waals surface area contributed by atoms with E-state index in [9.17, 15) is 4.79 Å². The summed E-state index contributed by atoms with van der Waals surface area (Å²) in [6.07, 6.45) is 6.93. The summed E-state index contributed by atoms with van der Waals surface area (Å²) in [7, 11) is 0. The second kappa shape index (κ2) is 6.83. The van der Waals surface area contributed by atoms with Crippen LogP contribution in [0.15, 0.2) is 0 Å². The SMILES string of the molecule is CC(=O)NCCNC(C)C1CCCCC1. The lowest BCUT2D eigenvalue weighted by Crippen LogP contribution is -2.39. The first-order chi connectivity index (χ1) is 7.20. The zero-order valence-electron chi connectivity index (χ0n) is 10.0. The molecule has 15 heavy (non-hydrogen) atoms. The molecule has 0 bridgehead atoms. The van der Waals surface area contributed by atoms with E-state index in [4.69, 9.17) is 0 Å². The van der Waals surface area contributed by atoms with Crippen molar-refractivity contribution in [1.29, 1.82) is 0 Å². The van der Waals surface area contributed by atoms with Crippen LogP contribution in [0.4, 0.5) is 0 Å². The van der Waals surface area contributed by atoms with Crippen LogP contribution in [0.2, 0.25) is 0 Å². The second-order valence-electron chi connectivity index (χ2n) is 4.62. The second-order valence-corrected chi connectivity index (χ2v) is 4.62. The van der Waals surface area contributed by atoms with E-state index in [1.54, 1.807) is 6.92 Å². The minimum Gasteiger partial charge on any atom is -0.355 e. The third-order valence-electron chi connectivity index (χ3n) is 3.32. The van der Waals surface area contributed by atoms with Gasteiger partial charge in [0.2, 0.25) is 5.91 Å². The molecule has 3 nitrogen and oxygen atoms in total. The lowest BCUT2D eigenvalue weighted by molar-refractivity contribution is -0.118. The molecule has 1 aliphatic rings. The highest BCUT2D eigenvalue weighted by molar-refractivity contribution is 5.72. The minimum atomic E-state index is 0.0575. The number of carbonyl (C=O) groups excluding carboxylic acids is 1. The third-order valence-corrected chi connectivity index (χ3v) is 3.32. The quantitative estimate of drug-likeness (QED) is 0.681. The maximum atomic E-state index is 10.7. The Hall–Kier alpha value is -0.570. The first kappa shape index (κ1) is 12.5. The molecule has 1 unspecified atom stereocenters. The van der Waals surface area contributed by atoms with Gasteiger partial charge in [0.1, 0.15) is 0 Å². The van der Waals surface area contributed by atoms with Crippen molar-refractivity contribution in [3.05, 3.63) is 0 Å². The van der Waals surface area contributed by atoms with Gasteiger partial charge in [-0.25, -0.2) is 0 Å². The zero-order valence-corrected chi connectivity index (χ0v) is 10.0. The fourth-order valence-electron chi connectivity index (χ4n) is 2.34. The molecule has 1 rings (SSSR count). The van der Waals surface area contributed by atoms with Crippen LogP contribution in [0.5, 0.6) is 0 Å². The summed E-state index contributed by atoms with van der Waals surface area (Å²) in [5, 5.41) is 6.30. The average Bonchev–Trinajstić information content (AvgIpc) is 2.25. The molecular weight excluding hydrogens is 188 g/mol. The third kappa shape index (κ3) is 5.17. The predicted molar refractivity (Wildman–Crippen MR) is 62.7 cm³/mol. The van der Waals surface area contributed by atoms with Crippen molar-refractivity contribution in [2.75, 3.05) is 13.1 Å². The van der Waals surface area contributed by atoms with E-state index in [0.717, 1.165) is 19.0 Å². The van der Waals surface area contributed by atoms with Gasteiger partial charge in [0.25, 0.3) is 0 Å². The van der Waals surface area contributed by atoms with Crippen LogP contribution in [0, 0.1) is 5.92 Å². The lowest BCUT2D eigenvalue weighted by atomic mass is 9.84. The normalized spacial score (nSPS) is 19.9. The Balaban J connectivity index is 2.06. The van der Waals surface area contributed by atoms with Crippen molar-refractivity contribution in [1.82, 2.24) is 10.6 Å².